The van der Waals surface area contributed by atoms with Crippen molar-refractivity contribution < 1.29 is 14.8 Å². The molecule has 0 amide bonds. The number of nitrogens with zero attached hydrogens (tertiary/aromatic N) is 2. The first kappa shape index (κ1) is 13.8. The van der Waals surface area contributed by atoms with Gasteiger partial charge in [0.1, 0.15) is 0 Å². The summed E-state index contributed by atoms with van der Waals surface area (Å²) >= 11 is 0. The first-order chi connectivity index (χ1) is 9.11. The molecular weight excluding hydrogens is 248 g/mol. The number of benzene rings is 1. The third kappa shape index (κ3) is 3.21. The molecule has 1 aromatic rings. The Labute approximate surface area is 111 Å². The Morgan fingerprint density at radius 3 is 3.05 bits per heavy atom. The van der Waals surface area contributed by atoms with E-state index in [2.05, 4.69) is 4.90 Å². The predicted molar refractivity (Wildman–Crippen MR) is 71.3 cm³/mol. The summed E-state index contributed by atoms with van der Waals surface area (Å²) in [6.07, 6.45) is 1.02. The number of aliphatic hydroxyl groups excluding tert-OH is 1. The standard InChI is InChI=1S/C13H18N2O4/c1-10-8-14(5-2-6-19-10)13-4-3-12(15(17)18)7-11(13)9-16/h3-4,7,10,16H,2,5-6,8-9H2,1H3. The van der Waals surface area contributed by atoms with Crippen LogP contribution in [0, 0.1) is 10.1 Å². The molecule has 1 saturated heterocycles. The van der Waals surface area contributed by atoms with Crippen LogP contribution in [-0.2, 0) is 11.3 Å². The molecule has 0 spiro atoms. The average Bonchev–Trinajstić information content (AvgIpc) is 2.62. The van der Waals surface area contributed by atoms with Crippen molar-refractivity contribution in [3.8, 4) is 0 Å². The van der Waals surface area contributed by atoms with Crippen molar-refractivity contribution in [1.29, 1.82) is 0 Å². The van der Waals surface area contributed by atoms with Gasteiger partial charge >= 0.3 is 0 Å². The highest BCUT2D eigenvalue weighted by Gasteiger charge is 2.19. The number of nitro groups is 1. The van der Waals surface area contributed by atoms with Gasteiger partial charge in [-0.1, -0.05) is 0 Å². The summed E-state index contributed by atoms with van der Waals surface area (Å²) in [6.45, 7) is 4.07. The molecule has 2 rings (SSSR count). The van der Waals surface area contributed by atoms with Gasteiger partial charge in [-0.25, -0.2) is 0 Å². The van der Waals surface area contributed by atoms with E-state index in [0.717, 1.165) is 31.8 Å². The molecule has 1 atom stereocenters. The fourth-order valence-corrected chi connectivity index (χ4v) is 2.33. The second kappa shape index (κ2) is 5.99. The van der Waals surface area contributed by atoms with Gasteiger partial charge in [0, 0.05) is 43.1 Å². The average molecular weight is 266 g/mol. The van der Waals surface area contributed by atoms with E-state index in [1.807, 2.05) is 6.92 Å². The number of rotatable bonds is 3. The van der Waals surface area contributed by atoms with Crippen molar-refractivity contribution in [3.63, 3.8) is 0 Å². The van der Waals surface area contributed by atoms with Gasteiger partial charge in [-0.05, 0) is 19.4 Å². The van der Waals surface area contributed by atoms with Crippen molar-refractivity contribution in [2.24, 2.45) is 0 Å². The van der Waals surface area contributed by atoms with Gasteiger partial charge in [-0.3, -0.25) is 10.1 Å². The molecule has 6 nitrogen and oxygen atoms in total. The quantitative estimate of drug-likeness (QED) is 0.665. The minimum absolute atomic E-state index is 0.00641. The number of hydrogen-bond donors (Lipinski definition) is 1. The van der Waals surface area contributed by atoms with Gasteiger partial charge in [0.2, 0.25) is 0 Å². The first-order valence-corrected chi connectivity index (χ1v) is 6.36. The maximum atomic E-state index is 10.8. The molecular formula is C13H18N2O4. The fourth-order valence-electron chi connectivity index (χ4n) is 2.33. The Hall–Kier alpha value is -1.66. The van der Waals surface area contributed by atoms with Crippen molar-refractivity contribution >= 4 is 11.4 Å². The van der Waals surface area contributed by atoms with Crippen LogP contribution in [0.15, 0.2) is 18.2 Å². The van der Waals surface area contributed by atoms with Gasteiger partial charge in [-0.2, -0.15) is 0 Å². The lowest BCUT2D eigenvalue weighted by Crippen LogP contribution is -2.30. The van der Waals surface area contributed by atoms with Crippen LogP contribution in [-0.4, -0.2) is 35.8 Å². The fraction of sp³-hybridized carbons (Fsp3) is 0.538. The molecule has 1 fully saturated rings. The molecule has 0 radical (unpaired) electrons. The predicted octanol–water partition coefficient (Wildman–Crippen LogP) is 1.70. The smallest absolute Gasteiger partial charge is 0.269 e. The molecule has 104 valence electrons. The maximum Gasteiger partial charge on any atom is 0.269 e. The van der Waals surface area contributed by atoms with E-state index in [-0.39, 0.29) is 18.4 Å². The Balaban J connectivity index is 2.29. The summed E-state index contributed by atoms with van der Waals surface area (Å²) in [5.41, 5.74) is 1.45. The zero-order chi connectivity index (χ0) is 13.8. The van der Waals surface area contributed by atoms with Crippen LogP contribution in [0.25, 0.3) is 0 Å². The van der Waals surface area contributed by atoms with Crippen LogP contribution < -0.4 is 4.90 Å². The van der Waals surface area contributed by atoms with Crippen molar-refractivity contribution in [2.45, 2.75) is 26.1 Å². The first-order valence-electron chi connectivity index (χ1n) is 6.36. The van der Waals surface area contributed by atoms with Gasteiger partial charge in [0.15, 0.2) is 0 Å². The van der Waals surface area contributed by atoms with Crippen LogP contribution in [0.1, 0.15) is 18.9 Å². The van der Waals surface area contributed by atoms with E-state index in [1.165, 1.54) is 12.1 Å². The molecule has 19 heavy (non-hydrogen) atoms. The molecule has 1 aliphatic rings. The molecule has 0 aromatic heterocycles. The number of aliphatic hydroxyl groups is 1. The van der Waals surface area contributed by atoms with E-state index < -0.39 is 4.92 Å². The second-order valence-electron chi connectivity index (χ2n) is 4.71. The third-order valence-electron chi connectivity index (χ3n) is 3.24. The Bertz CT molecular complexity index is 464. The largest absolute Gasteiger partial charge is 0.392 e. The zero-order valence-corrected chi connectivity index (χ0v) is 10.9. The van der Waals surface area contributed by atoms with Gasteiger partial charge in [0.05, 0.1) is 17.6 Å². The van der Waals surface area contributed by atoms with Gasteiger partial charge in [-0.15, -0.1) is 0 Å². The Morgan fingerprint density at radius 2 is 2.37 bits per heavy atom. The molecule has 6 heteroatoms. The lowest BCUT2D eigenvalue weighted by Gasteiger charge is -2.26. The highest BCUT2D eigenvalue weighted by Crippen LogP contribution is 2.27. The second-order valence-corrected chi connectivity index (χ2v) is 4.71. The highest BCUT2D eigenvalue weighted by atomic mass is 16.6. The lowest BCUT2D eigenvalue weighted by atomic mass is 10.1. The van der Waals surface area contributed by atoms with Crippen LogP contribution in [0.3, 0.4) is 0 Å². The van der Waals surface area contributed by atoms with Gasteiger partial charge < -0.3 is 14.7 Å². The number of nitro benzene ring substituents is 1. The van der Waals surface area contributed by atoms with E-state index in [4.69, 9.17) is 4.74 Å². The van der Waals surface area contributed by atoms with E-state index in [0.29, 0.717) is 5.56 Å². The molecule has 1 unspecified atom stereocenters. The van der Waals surface area contributed by atoms with E-state index >= 15 is 0 Å². The molecule has 1 aliphatic heterocycles. The van der Waals surface area contributed by atoms with Crippen LogP contribution in [0.5, 0.6) is 0 Å². The summed E-state index contributed by atoms with van der Waals surface area (Å²) in [6, 6.07) is 4.62. The number of hydrogen-bond acceptors (Lipinski definition) is 5. The number of ether oxygens (including phenoxy) is 1. The summed E-state index contributed by atoms with van der Waals surface area (Å²) in [5, 5.41) is 20.2. The minimum atomic E-state index is -0.447. The Morgan fingerprint density at radius 1 is 1.58 bits per heavy atom. The lowest BCUT2D eigenvalue weighted by molar-refractivity contribution is -0.384. The molecule has 1 heterocycles. The Kier molecular flexibility index (Phi) is 4.34. The zero-order valence-electron chi connectivity index (χ0n) is 10.9. The highest BCUT2D eigenvalue weighted by molar-refractivity contribution is 5.58. The summed E-state index contributed by atoms with van der Waals surface area (Å²) in [5.74, 6) is 0. The van der Waals surface area contributed by atoms with E-state index in [1.54, 1.807) is 6.07 Å². The van der Waals surface area contributed by atoms with E-state index in [9.17, 15) is 15.2 Å². The summed E-state index contributed by atoms with van der Waals surface area (Å²) in [7, 11) is 0. The maximum absolute atomic E-state index is 10.8. The van der Waals surface area contributed by atoms with Crippen LogP contribution in [0.2, 0.25) is 0 Å². The van der Waals surface area contributed by atoms with Gasteiger partial charge in [0.25, 0.3) is 5.69 Å². The molecule has 1 N–H and O–H groups in total. The summed E-state index contributed by atoms with van der Waals surface area (Å²) < 4.78 is 5.58. The molecule has 1 aromatic carbocycles. The topological polar surface area (TPSA) is 75.8 Å². The monoisotopic (exact) mass is 266 g/mol. The number of anilines is 1. The van der Waals surface area contributed by atoms with Crippen LogP contribution in [0.4, 0.5) is 11.4 Å². The van der Waals surface area contributed by atoms with Crippen molar-refractivity contribution in [2.75, 3.05) is 24.6 Å². The van der Waals surface area contributed by atoms with Crippen LogP contribution >= 0.6 is 0 Å². The normalized spacial score (nSPS) is 20.1. The summed E-state index contributed by atoms with van der Waals surface area (Å²) in [4.78, 5) is 12.4. The molecule has 0 bridgehead atoms. The minimum Gasteiger partial charge on any atom is -0.392 e. The SMILES string of the molecule is CC1CN(c2ccc([N+](=O)[O-])cc2CO)CCCO1. The van der Waals surface area contributed by atoms with Crippen molar-refractivity contribution in [1.82, 2.24) is 0 Å². The third-order valence-corrected chi connectivity index (χ3v) is 3.24. The number of non-ortho nitro benzene ring substituents is 1. The molecule has 0 saturated carbocycles. The molecule has 0 aliphatic carbocycles. The van der Waals surface area contributed by atoms with Crippen molar-refractivity contribution in [3.05, 3.63) is 33.9 Å².